The van der Waals surface area contributed by atoms with Crippen LogP contribution in [0.3, 0.4) is 0 Å². The van der Waals surface area contributed by atoms with Gasteiger partial charge in [0.1, 0.15) is 0 Å². The number of hydrogen-bond acceptors (Lipinski definition) is 5. The molecule has 0 saturated carbocycles. The first-order chi connectivity index (χ1) is 9.70. The molecule has 1 fully saturated rings. The Morgan fingerprint density at radius 1 is 1.45 bits per heavy atom. The number of nitrogens with zero attached hydrogens (tertiary/aromatic N) is 2. The predicted molar refractivity (Wildman–Crippen MR) is 78.2 cm³/mol. The van der Waals surface area contributed by atoms with Crippen molar-refractivity contribution in [2.45, 2.75) is 18.9 Å². The highest BCUT2D eigenvalue weighted by molar-refractivity contribution is 5.51. The maximum Gasteiger partial charge on any atom is 0.269 e. The van der Waals surface area contributed by atoms with Crippen molar-refractivity contribution < 1.29 is 9.66 Å². The molecule has 110 valence electrons. The number of anilines is 1. The number of non-ortho nitro benzene ring substituents is 1. The smallest absolute Gasteiger partial charge is 0.269 e. The summed E-state index contributed by atoms with van der Waals surface area (Å²) in [4.78, 5) is 12.5. The number of rotatable bonds is 7. The minimum absolute atomic E-state index is 0.124. The summed E-state index contributed by atoms with van der Waals surface area (Å²) >= 11 is 0. The molecule has 20 heavy (non-hydrogen) atoms. The highest BCUT2D eigenvalue weighted by atomic mass is 16.6. The van der Waals surface area contributed by atoms with Gasteiger partial charge in [0.05, 0.1) is 11.5 Å². The molecule has 6 heteroatoms. The van der Waals surface area contributed by atoms with Crippen LogP contribution in [0.2, 0.25) is 0 Å². The Balaban J connectivity index is 2.05. The summed E-state index contributed by atoms with van der Waals surface area (Å²) in [7, 11) is 1.68. The molecule has 1 unspecified atom stereocenters. The third-order valence-electron chi connectivity index (χ3n) is 3.59. The second-order valence-electron chi connectivity index (χ2n) is 5.01. The predicted octanol–water partition coefficient (Wildman–Crippen LogP) is 1.80. The summed E-state index contributed by atoms with van der Waals surface area (Å²) in [5, 5.41) is 14.2. The maximum absolute atomic E-state index is 10.7. The molecule has 1 aromatic carbocycles. The SMILES string of the molecule is COCCN(CC1CCCN1)c1ccc([N+](=O)[O-])cc1. The Morgan fingerprint density at radius 3 is 2.75 bits per heavy atom. The van der Waals surface area contributed by atoms with E-state index in [-0.39, 0.29) is 10.6 Å². The fourth-order valence-corrected chi connectivity index (χ4v) is 2.49. The normalized spacial score (nSPS) is 18.1. The Hall–Kier alpha value is -1.66. The van der Waals surface area contributed by atoms with Gasteiger partial charge in [-0.05, 0) is 31.5 Å². The van der Waals surface area contributed by atoms with Crippen LogP contribution in [-0.2, 0) is 4.74 Å². The third-order valence-corrected chi connectivity index (χ3v) is 3.59. The quantitative estimate of drug-likeness (QED) is 0.609. The largest absolute Gasteiger partial charge is 0.383 e. The van der Waals surface area contributed by atoms with E-state index in [0.717, 1.165) is 25.3 Å². The summed E-state index contributed by atoms with van der Waals surface area (Å²) < 4.78 is 5.15. The zero-order valence-corrected chi connectivity index (χ0v) is 11.7. The van der Waals surface area contributed by atoms with Gasteiger partial charge in [0.2, 0.25) is 0 Å². The van der Waals surface area contributed by atoms with E-state index in [2.05, 4.69) is 10.2 Å². The topological polar surface area (TPSA) is 67.6 Å². The van der Waals surface area contributed by atoms with Gasteiger partial charge in [-0.15, -0.1) is 0 Å². The van der Waals surface area contributed by atoms with Gasteiger partial charge in [0.25, 0.3) is 5.69 Å². The van der Waals surface area contributed by atoms with Crippen molar-refractivity contribution in [1.29, 1.82) is 0 Å². The number of nitro groups is 1. The molecule has 1 aromatic rings. The molecule has 0 bridgehead atoms. The molecular formula is C14H21N3O3. The number of nitrogens with one attached hydrogen (secondary N) is 1. The van der Waals surface area contributed by atoms with Gasteiger partial charge in [-0.2, -0.15) is 0 Å². The van der Waals surface area contributed by atoms with Crippen molar-refractivity contribution >= 4 is 11.4 Å². The maximum atomic E-state index is 10.7. The molecule has 2 rings (SSSR count). The molecule has 1 aliphatic heterocycles. The summed E-state index contributed by atoms with van der Waals surface area (Å²) in [6.45, 7) is 3.40. The van der Waals surface area contributed by atoms with Crippen molar-refractivity contribution in [3.63, 3.8) is 0 Å². The van der Waals surface area contributed by atoms with Crippen LogP contribution in [0.1, 0.15) is 12.8 Å². The van der Waals surface area contributed by atoms with Crippen molar-refractivity contribution in [3.05, 3.63) is 34.4 Å². The summed E-state index contributed by atoms with van der Waals surface area (Å²) in [5.41, 5.74) is 1.13. The van der Waals surface area contributed by atoms with E-state index in [9.17, 15) is 10.1 Å². The van der Waals surface area contributed by atoms with Crippen LogP contribution < -0.4 is 10.2 Å². The number of benzene rings is 1. The first-order valence-corrected chi connectivity index (χ1v) is 6.92. The van der Waals surface area contributed by atoms with Gasteiger partial charge >= 0.3 is 0 Å². The lowest BCUT2D eigenvalue weighted by Gasteiger charge is -2.27. The third kappa shape index (κ3) is 3.91. The van der Waals surface area contributed by atoms with E-state index in [0.29, 0.717) is 12.6 Å². The number of nitro benzene ring substituents is 1. The lowest BCUT2D eigenvalue weighted by atomic mass is 10.2. The first-order valence-electron chi connectivity index (χ1n) is 6.92. The van der Waals surface area contributed by atoms with Gasteiger partial charge in [-0.3, -0.25) is 10.1 Å². The number of hydrogen-bond donors (Lipinski definition) is 1. The Bertz CT molecular complexity index is 430. The molecule has 1 atom stereocenters. The standard InChI is InChI=1S/C14H21N3O3/c1-20-10-9-16(11-12-3-2-8-15-12)13-4-6-14(7-5-13)17(18)19/h4-7,12,15H,2-3,8-11H2,1H3. The highest BCUT2D eigenvalue weighted by Crippen LogP contribution is 2.20. The summed E-state index contributed by atoms with van der Waals surface area (Å²) in [6, 6.07) is 7.21. The Morgan fingerprint density at radius 2 is 2.20 bits per heavy atom. The van der Waals surface area contributed by atoms with Crippen LogP contribution in [-0.4, -0.2) is 44.3 Å². The second-order valence-corrected chi connectivity index (χ2v) is 5.01. The van der Waals surface area contributed by atoms with E-state index in [1.807, 2.05) is 12.1 Å². The molecule has 0 radical (unpaired) electrons. The molecule has 0 spiro atoms. The van der Waals surface area contributed by atoms with Gasteiger partial charge in [0, 0.05) is 44.1 Å². The molecule has 6 nitrogen and oxygen atoms in total. The minimum atomic E-state index is -0.373. The summed E-state index contributed by atoms with van der Waals surface area (Å²) in [5.74, 6) is 0. The van der Waals surface area contributed by atoms with Gasteiger partial charge < -0.3 is 15.0 Å². The van der Waals surface area contributed by atoms with Crippen LogP contribution in [0, 0.1) is 10.1 Å². The fourth-order valence-electron chi connectivity index (χ4n) is 2.49. The minimum Gasteiger partial charge on any atom is -0.383 e. The fraction of sp³-hybridized carbons (Fsp3) is 0.571. The van der Waals surface area contributed by atoms with E-state index in [1.54, 1.807) is 19.2 Å². The van der Waals surface area contributed by atoms with Crippen LogP contribution >= 0.6 is 0 Å². The molecule has 1 aliphatic rings. The first kappa shape index (κ1) is 14.7. The van der Waals surface area contributed by atoms with Crippen LogP contribution in [0.4, 0.5) is 11.4 Å². The van der Waals surface area contributed by atoms with E-state index < -0.39 is 0 Å². The number of ether oxygens (including phenoxy) is 1. The average molecular weight is 279 g/mol. The van der Waals surface area contributed by atoms with Crippen molar-refractivity contribution in [1.82, 2.24) is 5.32 Å². The monoisotopic (exact) mass is 279 g/mol. The van der Waals surface area contributed by atoms with Crippen LogP contribution in [0.15, 0.2) is 24.3 Å². The molecular weight excluding hydrogens is 258 g/mol. The van der Waals surface area contributed by atoms with E-state index >= 15 is 0 Å². The lowest BCUT2D eigenvalue weighted by Crippen LogP contribution is -2.39. The Labute approximate surface area is 118 Å². The van der Waals surface area contributed by atoms with E-state index in [4.69, 9.17) is 4.74 Å². The van der Waals surface area contributed by atoms with Gasteiger partial charge in [0.15, 0.2) is 0 Å². The van der Waals surface area contributed by atoms with Crippen molar-refractivity contribution in [2.24, 2.45) is 0 Å². The second kappa shape index (κ2) is 7.21. The molecule has 0 aromatic heterocycles. The van der Waals surface area contributed by atoms with Crippen molar-refractivity contribution in [2.75, 3.05) is 38.3 Å². The zero-order chi connectivity index (χ0) is 14.4. The molecule has 1 N–H and O–H groups in total. The van der Waals surface area contributed by atoms with Gasteiger partial charge in [-0.1, -0.05) is 0 Å². The Kier molecular flexibility index (Phi) is 5.31. The van der Waals surface area contributed by atoms with Gasteiger partial charge in [-0.25, -0.2) is 0 Å². The molecule has 0 amide bonds. The van der Waals surface area contributed by atoms with Crippen LogP contribution in [0.25, 0.3) is 0 Å². The van der Waals surface area contributed by atoms with E-state index in [1.165, 1.54) is 12.8 Å². The zero-order valence-electron chi connectivity index (χ0n) is 11.7. The number of methoxy groups -OCH3 is 1. The molecule has 1 heterocycles. The molecule has 0 aliphatic carbocycles. The summed E-state index contributed by atoms with van der Waals surface area (Å²) in [6.07, 6.45) is 2.39. The van der Waals surface area contributed by atoms with Crippen LogP contribution in [0.5, 0.6) is 0 Å². The van der Waals surface area contributed by atoms with Crippen molar-refractivity contribution in [3.8, 4) is 0 Å². The molecule has 1 saturated heterocycles. The average Bonchev–Trinajstić information content (AvgIpc) is 2.96. The lowest BCUT2D eigenvalue weighted by molar-refractivity contribution is -0.384. The highest BCUT2D eigenvalue weighted by Gasteiger charge is 2.18.